The molecule has 0 aliphatic heterocycles. The van der Waals surface area contributed by atoms with Crippen molar-refractivity contribution in [3.8, 4) is 17.6 Å². The summed E-state index contributed by atoms with van der Waals surface area (Å²) in [7, 11) is -2.14. The van der Waals surface area contributed by atoms with Crippen LogP contribution in [0.15, 0.2) is 23.1 Å². The summed E-state index contributed by atoms with van der Waals surface area (Å²) in [6.07, 6.45) is 0. The molecule has 1 aromatic rings. The first kappa shape index (κ1) is 13.4. The molecule has 1 aromatic carbocycles. The van der Waals surface area contributed by atoms with E-state index in [1.54, 1.807) is 6.92 Å². The Morgan fingerprint density at radius 3 is 2.76 bits per heavy atom. The van der Waals surface area contributed by atoms with E-state index >= 15 is 0 Å². The van der Waals surface area contributed by atoms with E-state index in [4.69, 9.17) is 10.5 Å². The van der Waals surface area contributed by atoms with Crippen molar-refractivity contribution in [3.63, 3.8) is 0 Å². The van der Waals surface area contributed by atoms with E-state index in [0.29, 0.717) is 11.4 Å². The van der Waals surface area contributed by atoms with Crippen LogP contribution >= 0.6 is 0 Å². The molecular formula is C11H14N2O3S. The van der Waals surface area contributed by atoms with Gasteiger partial charge in [-0.15, -0.1) is 5.92 Å². The Kier molecular flexibility index (Phi) is 4.37. The molecule has 0 radical (unpaired) electrons. The molecule has 6 heteroatoms. The number of nitrogens with one attached hydrogen (secondary N) is 1. The van der Waals surface area contributed by atoms with Crippen LogP contribution in [-0.2, 0) is 10.0 Å². The molecule has 1 rings (SSSR count). The van der Waals surface area contributed by atoms with Gasteiger partial charge >= 0.3 is 0 Å². The number of methoxy groups -OCH3 is 1. The van der Waals surface area contributed by atoms with Crippen molar-refractivity contribution >= 4 is 15.7 Å². The molecule has 0 fully saturated rings. The van der Waals surface area contributed by atoms with Crippen LogP contribution in [0.1, 0.15) is 6.92 Å². The van der Waals surface area contributed by atoms with Gasteiger partial charge in [-0.1, -0.05) is 5.92 Å². The van der Waals surface area contributed by atoms with Crippen LogP contribution in [0, 0.1) is 11.8 Å². The molecule has 0 aromatic heterocycles. The van der Waals surface area contributed by atoms with Crippen LogP contribution in [0.25, 0.3) is 0 Å². The van der Waals surface area contributed by atoms with Gasteiger partial charge in [-0.25, -0.2) is 8.42 Å². The fourth-order valence-corrected chi connectivity index (χ4v) is 2.10. The third-order valence-corrected chi connectivity index (χ3v) is 3.44. The van der Waals surface area contributed by atoms with E-state index in [0.717, 1.165) is 0 Å². The van der Waals surface area contributed by atoms with Gasteiger partial charge in [-0.3, -0.25) is 0 Å². The van der Waals surface area contributed by atoms with Gasteiger partial charge in [0.05, 0.1) is 24.2 Å². The third-order valence-electron chi connectivity index (χ3n) is 2.04. The molecule has 17 heavy (non-hydrogen) atoms. The SMILES string of the molecule is CC#CCNS(=O)(=O)c1ccc(N)c(OC)c1. The lowest BCUT2D eigenvalue weighted by Gasteiger charge is -2.08. The predicted octanol–water partition coefficient (Wildman–Crippen LogP) is 0.579. The first-order chi connectivity index (χ1) is 8.01. The molecule has 0 spiro atoms. The van der Waals surface area contributed by atoms with Gasteiger partial charge in [0.2, 0.25) is 10.0 Å². The van der Waals surface area contributed by atoms with Gasteiger partial charge in [0, 0.05) is 6.07 Å². The highest BCUT2D eigenvalue weighted by molar-refractivity contribution is 7.89. The van der Waals surface area contributed by atoms with Gasteiger partial charge in [-0.05, 0) is 19.1 Å². The summed E-state index contributed by atoms with van der Waals surface area (Å²) in [4.78, 5) is 0.0986. The molecule has 0 aliphatic rings. The molecule has 0 aliphatic carbocycles. The van der Waals surface area contributed by atoms with Crippen molar-refractivity contribution in [2.75, 3.05) is 19.4 Å². The van der Waals surface area contributed by atoms with E-state index < -0.39 is 10.0 Å². The maximum Gasteiger partial charge on any atom is 0.241 e. The minimum Gasteiger partial charge on any atom is -0.495 e. The predicted molar refractivity (Wildman–Crippen MR) is 66.0 cm³/mol. The summed E-state index contributed by atoms with van der Waals surface area (Å²) in [5.74, 6) is 5.55. The van der Waals surface area contributed by atoms with Crippen LogP contribution in [0.2, 0.25) is 0 Å². The minimum absolute atomic E-state index is 0.0749. The van der Waals surface area contributed by atoms with E-state index in [-0.39, 0.29) is 11.4 Å². The zero-order valence-electron chi connectivity index (χ0n) is 9.65. The molecule has 0 bridgehead atoms. The Balaban J connectivity index is 3.01. The van der Waals surface area contributed by atoms with Gasteiger partial charge in [0.25, 0.3) is 0 Å². The monoisotopic (exact) mass is 254 g/mol. The van der Waals surface area contributed by atoms with Gasteiger partial charge in [0.15, 0.2) is 0 Å². The van der Waals surface area contributed by atoms with Crippen LogP contribution in [0.4, 0.5) is 5.69 Å². The van der Waals surface area contributed by atoms with Crippen LogP contribution < -0.4 is 15.2 Å². The highest BCUT2D eigenvalue weighted by Gasteiger charge is 2.14. The quantitative estimate of drug-likeness (QED) is 0.608. The average Bonchev–Trinajstić information content (AvgIpc) is 2.29. The van der Waals surface area contributed by atoms with Crippen molar-refractivity contribution < 1.29 is 13.2 Å². The Bertz CT molecular complexity index is 556. The van der Waals surface area contributed by atoms with E-state index in [9.17, 15) is 8.42 Å². The topological polar surface area (TPSA) is 81.4 Å². The number of anilines is 1. The van der Waals surface area contributed by atoms with Crippen molar-refractivity contribution in [2.45, 2.75) is 11.8 Å². The molecule has 92 valence electrons. The fourth-order valence-electron chi connectivity index (χ4n) is 1.16. The third kappa shape index (κ3) is 3.37. The largest absolute Gasteiger partial charge is 0.495 e. The smallest absolute Gasteiger partial charge is 0.241 e. The van der Waals surface area contributed by atoms with E-state index in [1.807, 2.05) is 0 Å². The molecule has 0 atom stereocenters. The highest BCUT2D eigenvalue weighted by Crippen LogP contribution is 2.24. The lowest BCUT2D eigenvalue weighted by Crippen LogP contribution is -2.24. The summed E-state index contributed by atoms with van der Waals surface area (Å²) in [5.41, 5.74) is 5.99. The summed E-state index contributed by atoms with van der Waals surface area (Å²) < 4.78 is 30.9. The number of sulfonamides is 1. The van der Waals surface area contributed by atoms with Crippen molar-refractivity contribution in [2.24, 2.45) is 0 Å². The zero-order valence-corrected chi connectivity index (χ0v) is 10.5. The van der Waals surface area contributed by atoms with Crippen LogP contribution in [-0.4, -0.2) is 22.1 Å². The van der Waals surface area contributed by atoms with E-state index in [1.165, 1.54) is 25.3 Å². The normalized spacial score (nSPS) is 10.5. The number of nitrogen functional groups attached to an aromatic ring is 1. The second kappa shape index (κ2) is 5.57. The summed E-state index contributed by atoms with van der Waals surface area (Å²) in [5, 5.41) is 0. The maximum atomic E-state index is 11.8. The van der Waals surface area contributed by atoms with Crippen LogP contribution in [0.5, 0.6) is 5.75 Å². The molecule has 0 unspecified atom stereocenters. The molecular weight excluding hydrogens is 240 g/mol. The van der Waals surface area contributed by atoms with Crippen LogP contribution in [0.3, 0.4) is 0 Å². The number of benzene rings is 1. The minimum atomic E-state index is -3.57. The summed E-state index contributed by atoms with van der Waals surface area (Å²) in [6.45, 7) is 1.71. The number of rotatable bonds is 4. The number of hydrogen-bond donors (Lipinski definition) is 2. The van der Waals surface area contributed by atoms with Crippen molar-refractivity contribution in [1.29, 1.82) is 0 Å². The standard InChI is InChI=1S/C11H14N2O3S/c1-3-4-7-13-17(14,15)9-5-6-10(12)11(8-9)16-2/h5-6,8,13H,7,12H2,1-2H3. The molecule has 0 heterocycles. The lowest BCUT2D eigenvalue weighted by molar-refractivity contribution is 0.415. The first-order valence-electron chi connectivity index (χ1n) is 4.84. The second-order valence-electron chi connectivity index (χ2n) is 3.16. The maximum absolute atomic E-state index is 11.8. The van der Waals surface area contributed by atoms with Crippen molar-refractivity contribution in [3.05, 3.63) is 18.2 Å². The average molecular weight is 254 g/mol. The highest BCUT2D eigenvalue weighted by atomic mass is 32.2. The van der Waals surface area contributed by atoms with Crippen molar-refractivity contribution in [1.82, 2.24) is 4.72 Å². The number of ether oxygens (including phenoxy) is 1. The Hall–Kier alpha value is -1.71. The molecule has 0 saturated carbocycles. The Labute approximate surface area is 101 Å². The molecule has 3 N–H and O–H groups in total. The summed E-state index contributed by atoms with van der Waals surface area (Å²) >= 11 is 0. The summed E-state index contributed by atoms with van der Waals surface area (Å²) in [6, 6.07) is 4.27. The lowest BCUT2D eigenvalue weighted by atomic mass is 10.3. The number of hydrogen-bond acceptors (Lipinski definition) is 4. The molecule has 5 nitrogen and oxygen atoms in total. The first-order valence-corrected chi connectivity index (χ1v) is 6.32. The Morgan fingerprint density at radius 2 is 2.18 bits per heavy atom. The van der Waals surface area contributed by atoms with Gasteiger partial charge < -0.3 is 10.5 Å². The van der Waals surface area contributed by atoms with Gasteiger partial charge in [-0.2, -0.15) is 4.72 Å². The van der Waals surface area contributed by atoms with E-state index in [2.05, 4.69) is 16.6 Å². The van der Waals surface area contributed by atoms with Gasteiger partial charge in [0.1, 0.15) is 5.75 Å². The Morgan fingerprint density at radius 1 is 1.47 bits per heavy atom. The zero-order chi connectivity index (χ0) is 12.9. The number of nitrogens with two attached hydrogens (primary N) is 1. The molecule has 0 saturated heterocycles. The molecule has 0 amide bonds. The second-order valence-corrected chi connectivity index (χ2v) is 4.92. The fraction of sp³-hybridized carbons (Fsp3) is 0.273.